The molecule has 2 aromatic carbocycles. The number of hydrogen-bond donors (Lipinski definition) is 2. The van der Waals surface area contributed by atoms with Crippen LogP contribution in [-0.2, 0) is 4.79 Å². The highest BCUT2D eigenvalue weighted by atomic mass is 35.5. The van der Waals surface area contributed by atoms with Gasteiger partial charge in [-0.25, -0.2) is 0 Å². The maximum absolute atomic E-state index is 12.4. The molecule has 0 saturated carbocycles. The number of rotatable bonds is 4. The Kier molecular flexibility index (Phi) is 5.07. The lowest BCUT2D eigenvalue weighted by Gasteiger charge is -2.08. The summed E-state index contributed by atoms with van der Waals surface area (Å²) in [5.74, 6) is -0.429. The summed E-state index contributed by atoms with van der Waals surface area (Å²) in [4.78, 5) is 12.4. The van der Waals surface area contributed by atoms with Crippen LogP contribution in [0.2, 0.25) is 5.02 Å². The third-order valence-electron chi connectivity index (χ3n) is 3.67. The van der Waals surface area contributed by atoms with Crippen molar-refractivity contribution >= 4 is 29.3 Å². The van der Waals surface area contributed by atoms with Gasteiger partial charge in [0, 0.05) is 28.3 Å². The van der Waals surface area contributed by atoms with Crippen molar-refractivity contribution < 1.29 is 9.90 Å². The number of nitrogens with zero attached hydrogens (tertiary/aromatic N) is 2. The summed E-state index contributed by atoms with van der Waals surface area (Å²) >= 11 is 5.92. The van der Waals surface area contributed by atoms with E-state index in [2.05, 4.69) is 5.32 Å². The molecule has 2 N–H and O–H groups in total. The van der Waals surface area contributed by atoms with E-state index in [1.54, 1.807) is 30.3 Å². The van der Waals surface area contributed by atoms with Crippen molar-refractivity contribution in [2.45, 2.75) is 0 Å². The number of aromatic hydroxyl groups is 1. The highest BCUT2D eigenvalue weighted by molar-refractivity contribution is 6.30. The van der Waals surface area contributed by atoms with Crippen LogP contribution in [0.15, 0.2) is 72.4 Å². The predicted octanol–water partition coefficient (Wildman–Crippen LogP) is 4.38. The SMILES string of the molecule is N#C/C(=C\c1cccn1-c1ccc(Cl)cc1)C(=O)Nc1ccc(O)cc1. The fourth-order valence-electron chi connectivity index (χ4n) is 2.39. The molecule has 0 bridgehead atoms. The Morgan fingerprint density at radius 3 is 2.46 bits per heavy atom. The molecule has 128 valence electrons. The van der Waals surface area contributed by atoms with Gasteiger partial charge < -0.3 is 15.0 Å². The maximum Gasteiger partial charge on any atom is 0.266 e. The van der Waals surface area contributed by atoms with Gasteiger partial charge in [-0.1, -0.05) is 11.6 Å². The second-order valence-corrected chi connectivity index (χ2v) is 5.89. The molecule has 0 atom stereocenters. The number of nitrogens with one attached hydrogen (secondary N) is 1. The monoisotopic (exact) mass is 363 g/mol. The number of carbonyl (C=O) groups is 1. The van der Waals surface area contributed by atoms with E-state index in [0.717, 1.165) is 5.69 Å². The van der Waals surface area contributed by atoms with Gasteiger partial charge in [0.25, 0.3) is 5.91 Å². The zero-order chi connectivity index (χ0) is 18.5. The molecule has 5 nitrogen and oxygen atoms in total. The van der Waals surface area contributed by atoms with E-state index in [1.807, 2.05) is 35.0 Å². The Morgan fingerprint density at radius 2 is 1.81 bits per heavy atom. The van der Waals surface area contributed by atoms with Crippen LogP contribution < -0.4 is 5.32 Å². The van der Waals surface area contributed by atoms with E-state index >= 15 is 0 Å². The van der Waals surface area contributed by atoms with Crippen molar-refractivity contribution in [3.63, 3.8) is 0 Å². The lowest BCUT2D eigenvalue weighted by atomic mass is 10.2. The molecule has 6 heteroatoms. The van der Waals surface area contributed by atoms with Crippen LogP contribution in [0.1, 0.15) is 5.69 Å². The zero-order valence-corrected chi connectivity index (χ0v) is 14.3. The maximum atomic E-state index is 12.4. The van der Waals surface area contributed by atoms with Gasteiger partial charge in [0.05, 0.1) is 0 Å². The number of anilines is 1. The van der Waals surface area contributed by atoms with Crippen molar-refractivity contribution in [2.75, 3.05) is 5.32 Å². The van der Waals surface area contributed by atoms with E-state index in [-0.39, 0.29) is 11.3 Å². The molecule has 0 aliphatic rings. The van der Waals surface area contributed by atoms with Gasteiger partial charge in [0.1, 0.15) is 17.4 Å². The van der Waals surface area contributed by atoms with Crippen molar-refractivity contribution in [1.82, 2.24) is 4.57 Å². The molecule has 1 aromatic heterocycles. The Balaban J connectivity index is 1.87. The van der Waals surface area contributed by atoms with Crippen molar-refractivity contribution in [2.24, 2.45) is 0 Å². The highest BCUT2D eigenvalue weighted by Gasteiger charge is 2.11. The highest BCUT2D eigenvalue weighted by Crippen LogP contribution is 2.19. The number of aromatic nitrogens is 1. The van der Waals surface area contributed by atoms with E-state index < -0.39 is 5.91 Å². The standard InChI is InChI=1S/C20H14ClN3O2/c21-15-3-7-17(8-4-15)24-11-1-2-18(24)12-14(13-22)20(26)23-16-5-9-19(25)10-6-16/h1-12,25H,(H,23,26)/b14-12+. The number of carbonyl (C=O) groups excluding carboxylic acids is 1. The van der Waals surface area contributed by atoms with Gasteiger partial charge in [-0.3, -0.25) is 4.79 Å². The number of amides is 1. The van der Waals surface area contributed by atoms with E-state index in [1.165, 1.54) is 18.2 Å². The molecular weight excluding hydrogens is 350 g/mol. The molecule has 3 rings (SSSR count). The topological polar surface area (TPSA) is 78.0 Å². The van der Waals surface area contributed by atoms with Gasteiger partial charge in [0.15, 0.2) is 0 Å². The third-order valence-corrected chi connectivity index (χ3v) is 3.92. The Bertz CT molecular complexity index is 997. The number of benzene rings is 2. The predicted molar refractivity (Wildman–Crippen MR) is 101 cm³/mol. The lowest BCUT2D eigenvalue weighted by Crippen LogP contribution is -2.13. The summed E-state index contributed by atoms with van der Waals surface area (Å²) in [5.41, 5.74) is 2.00. The van der Waals surface area contributed by atoms with Crippen LogP contribution in [0, 0.1) is 11.3 Å². The summed E-state index contributed by atoms with van der Waals surface area (Å²) in [7, 11) is 0. The first kappa shape index (κ1) is 17.3. The molecule has 0 aliphatic heterocycles. The molecule has 0 unspecified atom stereocenters. The molecule has 26 heavy (non-hydrogen) atoms. The second-order valence-electron chi connectivity index (χ2n) is 5.45. The van der Waals surface area contributed by atoms with Crippen LogP contribution >= 0.6 is 11.6 Å². The van der Waals surface area contributed by atoms with Crippen LogP contribution in [-0.4, -0.2) is 15.6 Å². The van der Waals surface area contributed by atoms with Gasteiger partial charge in [0.2, 0.25) is 0 Å². The average molecular weight is 364 g/mol. The van der Waals surface area contributed by atoms with Gasteiger partial charge in [-0.2, -0.15) is 5.26 Å². The normalized spacial score (nSPS) is 11.0. The Morgan fingerprint density at radius 1 is 1.12 bits per heavy atom. The van der Waals surface area contributed by atoms with Crippen LogP contribution in [0.25, 0.3) is 11.8 Å². The van der Waals surface area contributed by atoms with E-state index in [4.69, 9.17) is 11.6 Å². The summed E-state index contributed by atoms with van der Waals surface area (Å²) < 4.78 is 1.85. The van der Waals surface area contributed by atoms with E-state index in [0.29, 0.717) is 16.4 Å². The first-order valence-electron chi connectivity index (χ1n) is 7.72. The minimum atomic E-state index is -0.526. The second kappa shape index (κ2) is 7.60. The molecule has 0 saturated heterocycles. The summed E-state index contributed by atoms with van der Waals surface area (Å²) in [5, 5.41) is 21.9. The van der Waals surface area contributed by atoms with E-state index in [9.17, 15) is 15.2 Å². The Labute approximate surface area is 155 Å². The van der Waals surface area contributed by atoms with Crippen molar-refractivity contribution in [3.8, 4) is 17.5 Å². The van der Waals surface area contributed by atoms with Crippen molar-refractivity contribution in [3.05, 3.63) is 83.2 Å². The third kappa shape index (κ3) is 3.94. The summed E-state index contributed by atoms with van der Waals surface area (Å²) in [6, 6.07) is 18.8. The Hall–Kier alpha value is -3.49. The number of phenolic OH excluding ortho intramolecular Hbond substituents is 1. The smallest absolute Gasteiger partial charge is 0.266 e. The molecule has 3 aromatic rings. The summed E-state index contributed by atoms with van der Waals surface area (Å²) in [6.45, 7) is 0. The average Bonchev–Trinajstić information content (AvgIpc) is 3.10. The van der Waals surface area contributed by atoms with Crippen LogP contribution in [0.5, 0.6) is 5.75 Å². The number of phenols is 1. The lowest BCUT2D eigenvalue weighted by molar-refractivity contribution is -0.112. The van der Waals surface area contributed by atoms with Gasteiger partial charge in [-0.05, 0) is 66.7 Å². The first-order valence-corrected chi connectivity index (χ1v) is 8.10. The largest absolute Gasteiger partial charge is 0.508 e. The molecule has 0 radical (unpaired) electrons. The van der Waals surface area contributed by atoms with Crippen LogP contribution in [0.3, 0.4) is 0 Å². The number of nitriles is 1. The van der Waals surface area contributed by atoms with Crippen LogP contribution in [0.4, 0.5) is 5.69 Å². The zero-order valence-electron chi connectivity index (χ0n) is 13.6. The molecule has 1 heterocycles. The minimum absolute atomic E-state index is 0.0352. The van der Waals surface area contributed by atoms with Gasteiger partial charge in [-0.15, -0.1) is 0 Å². The summed E-state index contributed by atoms with van der Waals surface area (Å²) in [6.07, 6.45) is 3.35. The fourth-order valence-corrected chi connectivity index (χ4v) is 2.51. The molecule has 0 aliphatic carbocycles. The fraction of sp³-hybridized carbons (Fsp3) is 0. The number of halogens is 1. The molecule has 1 amide bonds. The molecule has 0 fully saturated rings. The first-order chi connectivity index (χ1) is 12.6. The minimum Gasteiger partial charge on any atom is -0.508 e. The molecule has 0 spiro atoms. The van der Waals surface area contributed by atoms with Crippen molar-refractivity contribution in [1.29, 1.82) is 5.26 Å². The quantitative estimate of drug-likeness (QED) is 0.410. The molecular formula is C20H14ClN3O2. The number of hydrogen-bond acceptors (Lipinski definition) is 3. The van der Waals surface area contributed by atoms with Gasteiger partial charge >= 0.3 is 0 Å².